The van der Waals surface area contributed by atoms with Crippen LogP contribution < -0.4 is 10.1 Å². The van der Waals surface area contributed by atoms with Crippen LogP contribution >= 0.6 is 12.2 Å². The Labute approximate surface area is 204 Å². The van der Waals surface area contributed by atoms with Crippen LogP contribution in [0.1, 0.15) is 54.5 Å². The lowest BCUT2D eigenvalue weighted by Gasteiger charge is -2.28. The predicted molar refractivity (Wildman–Crippen MR) is 136 cm³/mol. The van der Waals surface area contributed by atoms with Gasteiger partial charge >= 0.3 is 0 Å². The molecule has 0 aliphatic carbocycles. The fraction of sp³-hybridized carbons (Fsp3) is 0.360. The molecule has 178 valence electrons. The number of nitro benzene ring substituents is 1. The van der Waals surface area contributed by atoms with E-state index in [1.165, 1.54) is 13.2 Å². The number of pyridine rings is 1. The van der Waals surface area contributed by atoms with Gasteiger partial charge in [-0.05, 0) is 68.4 Å². The molecular formula is C25H29N5O3S. The summed E-state index contributed by atoms with van der Waals surface area (Å²) in [4.78, 5) is 18.4. The molecule has 0 bridgehead atoms. The van der Waals surface area contributed by atoms with Gasteiger partial charge < -0.3 is 19.5 Å². The minimum Gasteiger partial charge on any atom is -0.496 e. The molecule has 2 aromatic heterocycles. The van der Waals surface area contributed by atoms with Crippen molar-refractivity contribution >= 4 is 23.0 Å². The quantitative estimate of drug-likeness (QED) is 0.271. The summed E-state index contributed by atoms with van der Waals surface area (Å²) in [5.41, 5.74) is 4.33. The highest BCUT2D eigenvalue weighted by Gasteiger charge is 2.41. The van der Waals surface area contributed by atoms with Gasteiger partial charge in [0.1, 0.15) is 11.4 Å². The molecule has 1 saturated heterocycles. The van der Waals surface area contributed by atoms with Crippen LogP contribution in [-0.2, 0) is 0 Å². The van der Waals surface area contributed by atoms with Gasteiger partial charge in [-0.15, -0.1) is 0 Å². The van der Waals surface area contributed by atoms with E-state index in [4.69, 9.17) is 17.0 Å². The van der Waals surface area contributed by atoms with Gasteiger partial charge in [0.15, 0.2) is 5.11 Å². The van der Waals surface area contributed by atoms with Gasteiger partial charge in [0.25, 0.3) is 5.69 Å². The van der Waals surface area contributed by atoms with Crippen molar-refractivity contribution in [2.45, 2.75) is 45.7 Å². The number of methoxy groups -OCH3 is 1. The normalized spacial score (nSPS) is 17.6. The van der Waals surface area contributed by atoms with Crippen LogP contribution in [0.15, 0.2) is 48.7 Å². The van der Waals surface area contributed by atoms with Crippen LogP contribution in [0.3, 0.4) is 0 Å². The number of ether oxygens (including phenoxy) is 1. The molecule has 0 spiro atoms. The Hall–Kier alpha value is -3.46. The van der Waals surface area contributed by atoms with Gasteiger partial charge in [-0.2, -0.15) is 0 Å². The maximum Gasteiger partial charge on any atom is 0.296 e. The molecule has 4 rings (SSSR count). The Balaban J connectivity index is 1.86. The van der Waals surface area contributed by atoms with Crippen molar-refractivity contribution in [2.24, 2.45) is 0 Å². The summed E-state index contributed by atoms with van der Waals surface area (Å²) < 4.78 is 7.17. The van der Waals surface area contributed by atoms with Crippen LogP contribution in [0.5, 0.6) is 5.75 Å². The van der Waals surface area contributed by atoms with Crippen molar-refractivity contribution in [3.05, 3.63) is 81.4 Å². The second-order valence-corrected chi connectivity index (χ2v) is 8.83. The minimum absolute atomic E-state index is 0.00289. The number of hydrogen-bond acceptors (Lipinski definition) is 5. The lowest BCUT2D eigenvalue weighted by molar-refractivity contribution is -0.384. The second kappa shape index (κ2) is 9.80. The first-order valence-electron chi connectivity index (χ1n) is 11.4. The average Bonchev–Trinajstić information content (AvgIpc) is 3.32. The van der Waals surface area contributed by atoms with Crippen molar-refractivity contribution in [1.29, 1.82) is 0 Å². The van der Waals surface area contributed by atoms with Crippen molar-refractivity contribution < 1.29 is 9.66 Å². The standard InChI is InChI=1S/C25H29N5O3S/c1-5-6-13-28-24(23(27-25(28)34)20-9-7-8-12-26-20)19-14-16(2)29(17(19)3)21-11-10-18(33-4)15-22(21)30(31)32/h7-12,14-15,23-24H,5-6,13H2,1-4H3,(H,27,34)/t23-,24-/m1/s1. The zero-order valence-corrected chi connectivity index (χ0v) is 20.6. The smallest absolute Gasteiger partial charge is 0.296 e. The van der Waals surface area contributed by atoms with E-state index in [-0.39, 0.29) is 22.7 Å². The summed E-state index contributed by atoms with van der Waals surface area (Å²) in [6, 6.07) is 12.7. The summed E-state index contributed by atoms with van der Waals surface area (Å²) in [5, 5.41) is 16.1. The first-order valence-corrected chi connectivity index (χ1v) is 11.8. The number of thiocarbonyl (C=S) groups is 1. The summed E-state index contributed by atoms with van der Waals surface area (Å²) >= 11 is 5.74. The molecule has 34 heavy (non-hydrogen) atoms. The number of benzene rings is 1. The molecular weight excluding hydrogens is 450 g/mol. The van der Waals surface area contributed by atoms with Crippen molar-refractivity contribution in [2.75, 3.05) is 13.7 Å². The number of unbranched alkanes of at least 4 members (excludes halogenated alkanes) is 1. The van der Waals surface area contributed by atoms with Gasteiger partial charge in [-0.1, -0.05) is 19.4 Å². The van der Waals surface area contributed by atoms with Gasteiger partial charge in [-0.3, -0.25) is 15.1 Å². The predicted octanol–water partition coefficient (Wildman–Crippen LogP) is 5.18. The zero-order chi connectivity index (χ0) is 24.4. The van der Waals surface area contributed by atoms with Crippen LogP contribution in [0.2, 0.25) is 0 Å². The van der Waals surface area contributed by atoms with E-state index in [0.29, 0.717) is 16.5 Å². The highest BCUT2D eigenvalue weighted by Crippen LogP contribution is 2.42. The van der Waals surface area contributed by atoms with E-state index in [9.17, 15) is 10.1 Å². The fourth-order valence-electron chi connectivity index (χ4n) is 4.74. The Bertz CT molecular complexity index is 1210. The van der Waals surface area contributed by atoms with E-state index < -0.39 is 0 Å². The maximum atomic E-state index is 11.9. The first-order chi connectivity index (χ1) is 16.4. The Morgan fingerprint density at radius 3 is 2.68 bits per heavy atom. The Kier molecular flexibility index (Phi) is 6.83. The Morgan fingerprint density at radius 1 is 1.24 bits per heavy atom. The van der Waals surface area contributed by atoms with Gasteiger partial charge in [0.05, 0.1) is 35.9 Å². The number of nitro groups is 1. The maximum absolute atomic E-state index is 11.9. The zero-order valence-electron chi connectivity index (χ0n) is 19.8. The van der Waals surface area contributed by atoms with Crippen LogP contribution in [0.4, 0.5) is 5.69 Å². The summed E-state index contributed by atoms with van der Waals surface area (Å²) in [7, 11) is 1.50. The van der Waals surface area contributed by atoms with Crippen molar-refractivity contribution in [3.8, 4) is 11.4 Å². The third kappa shape index (κ3) is 4.23. The van der Waals surface area contributed by atoms with Crippen LogP contribution in [0.25, 0.3) is 5.69 Å². The summed E-state index contributed by atoms with van der Waals surface area (Å²) in [5.74, 6) is 0.449. The molecule has 0 amide bonds. The molecule has 1 aliphatic heterocycles. The highest BCUT2D eigenvalue weighted by molar-refractivity contribution is 7.80. The molecule has 0 saturated carbocycles. The van der Waals surface area contributed by atoms with E-state index in [2.05, 4.69) is 28.2 Å². The molecule has 1 fully saturated rings. The number of hydrogen-bond donors (Lipinski definition) is 1. The summed E-state index contributed by atoms with van der Waals surface area (Å²) in [6.45, 7) is 6.96. The third-order valence-electron chi connectivity index (χ3n) is 6.36. The molecule has 1 aliphatic rings. The lowest BCUT2D eigenvalue weighted by atomic mass is 9.96. The number of nitrogens with zero attached hydrogens (tertiary/aromatic N) is 4. The van der Waals surface area contributed by atoms with E-state index in [1.807, 2.05) is 36.6 Å². The molecule has 1 N–H and O–H groups in total. The molecule has 3 heterocycles. The number of aryl methyl sites for hydroxylation is 1. The molecule has 9 heteroatoms. The topological polar surface area (TPSA) is 85.5 Å². The highest BCUT2D eigenvalue weighted by atomic mass is 32.1. The molecule has 0 radical (unpaired) electrons. The number of rotatable bonds is 8. The SMILES string of the molecule is CCCCN1C(=S)N[C@H](c2ccccn2)[C@H]1c1cc(C)n(-c2ccc(OC)cc2[N+](=O)[O-])c1C. The van der Waals surface area contributed by atoms with Crippen LogP contribution in [0, 0.1) is 24.0 Å². The van der Waals surface area contributed by atoms with E-state index in [0.717, 1.165) is 42.0 Å². The molecule has 3 aromatic rings. The molecule has 8 nitrogen and oxygen atoms in total. The van der Waals surface area contributed by atoms with Crippen molar-refractivity contribution in [1.82, 2.24) is 19.8 Å². The minimum atomic E-state index is -0.368. The number of aromatic nitrogens is 2. The van der Waals surface area contributed by atoms with Gasteiger partial charge in [-0.25, -0.2) is 0 Å². The molecule has 2 atom stereocenters. The van der Waals surface area contributed by atoms with Crippen molar-refractivity contribution in [3.63, 3.8) is 0 Å². The van der Waals surface area contributed by atoms with Gasteiger partial charge in [0.2, 0.25) is 0 Å². The largest absolute Gasteiger partial charge is 0.496 e. The lowest BCUT2D eigenvalue weighted by Crippen LogP contribution is -2.30. The summed E-state index contributed by atoms with van der Waals surface area (Å²) in [6.07, 6.45) is 3.85. The van der Waals surface area contributed by atoms with E-state index in [1.54, 1.807) is 18.3 Å². The molecule has 1 aromatic carbocycles. The van der Waals surface area contributed by atoms with E-state index >= 15 is 0 Å². The van der Waals surface area contributed by atoms with Gasteiger partial charge in [0, 0.05) is 24.1 Å². The molecule has 0 unspecified atom stereocenters. The fourth-order valence-corrected chi connectivity index (χ4v) is 5.07. The second-order valence-electron chi connectivity index (χ2n) is 8.45. The third-order valence-corrected chi connectivity index (χ3v) is 6.71. The Morgan fingerprint density at radius 2 is 2.03 bits per heavy atom. The average molecular weight is 480 g/mol. The number of nitrogens with one attached hydrogen (secondary N) is 1. The monoisotopic (exact) mass is 479 g/mol. The van der Waals surface area contributed by atoms with Crippen LogP contribution in [-0.4, -0.2) is 38.1 Å². The first kappa shape index (κ1) is 23.7.